The van der Waals surface area contributed by atoms with E-state index in [0.29, 0.717) is 6.42 Å². The Morgan fingerprint density at radius 3 is 2.11 bits per heavy atom. The molecule has 3 aromatic rings. The van der Waals surface area contributed by atoms with Crippen molar-refractivity contribution in [2.24, 2.45) is 0 Å². The molecule has 0 aliphatic carbocycles. The molecular weight excluding hydrogens is 481 g/mol. The Kier molecular flexibility index (Phi) is 9.23. The normalized spacial score (nSPS) is 13.3. The second-order valence-corrected chi connectivity index (χ2v) is 9.88. The van der Waals surface area contributed by atoms with Crippen LogP contribution in [0.15, 0.2) is 37.4 Å². The lowest BCUT2D eigenvalue weighted by Gasteiger charge is -2.34. The summed E-state index contributed by atoms with van der Waals surface area (Å²) in [6.45, 7) is 3.32. The minimum Gasteiger partial charge on any atom is -0.303 e. The van der Waals surface area contributed by atoms with E-state index in [4.69, 9.17) is 4.52 Å². The van der Waals surface area contributed by atoms with Crippen molar-refractivity contribution < 1.29 is 27.7 Å². The first-order chi connectivity index (χ1) is 16.6. The van der Waals surface area contributed by atoms with Gasteiger partial charge in [0.15, 0.2) is 0 Å². The van der Waals surface area contributed by atoms with Crippen LogP contribution in [-0.2, 0) is 27.8 Å². The van der Waals surface area contributed by atoms with Gasteiger partial charge in [0.25, 0.3) is 0 Å². The molecule has 0 aliphatic heterocycles. The number of unbranched alkanes of at least 4 members (excludes halogenated alkanes) is 4. The highest BCUT2D eigenvalue weighted by atomic mass is 31.2. The molecule has 0 amide bonds. The van der Waals surface area contributed by atoms with Gasteiger partial charge in [-0.2, -0.15) is 10.2 Å². The summed E-state index contributed by atoms with van der Waals surface area (Å²) >= 11 is 0. The van der Waals surface area contributed by atoms with Crippen molar-refractivity contribution in [3.05, 3.63) is 60.2 Å². The molecule has 192 valence electrons. The van der Waals surface area contributed by atoms with Gasteiger partial charge in [0.1, 0.15) is 42.5 Å². The lowest BCUT2D eigenvalue weighted by atomic mass is 9.87. The largest absolute Gasteiger partial charge is 0.470 e. The standard InChI is InChI=1S/C22H31F2N6O4P/c1-3-4-5-6-7-8-17(2)18-9-19(21(24)10-20(18)23)22(34-35(31,32)33,11-29-15-25-13-27-29)12-30-16-26-14-28-30/h9-10,13-17H,3-8,11-12H2,1-2H3,(H2,31,32,33). The maximum atomic E-state index is 15.3. The summed E-state index contributed by atoms with van der Waals surface area (Å²) in [5.74, 6) is -1.98. The van der Waals surface area contributed by atoms with Crippen LogP contribution >= 0.6 is 7.82 Å². The van der Waals surface area contributed by atoms with Gasteiger partial charge in [0.2, 0.25) is 0 Å². The van der Waals surface area contributed by atoms with Crippen LogP contribution in [0.4, 0.5) is 8.78 Å². The van der Waals surface area contributed by atoms with E-state index in [0.717, 1.165) is 38.2 Å². The monoisotopic (exact) mass is 512 g/mol. The van der Waals surface area contributed by atoms with E-state index < -0.39 is 25.1 Å². The van der Waals surface area contributed by atoms with Crippen LogP contribution in [0, 0.1) is 11.6 Å². The van der Waals surface area contributed by atoms with Crippen LogP contribution in [0.1, 0.15) is 69.4 Å². The van der Waals surface area contributed by atoms with Crippen LogP contribution in [0.2, 0.25) is 0 Å². The van der Waals surface area contributed by atoms with Crippen LogP contribution < -0.4 is 0 Å². The number of benzene rings is 1. The molecule has 35 heavy (non-hydrogen) atoms. The number of phosphoric acid groups is 1. The smallest absolute Gasteiger partial charge is 0.303 e. The number of nitrogens with zero attached hydrogens (tertiary/aromatic N) is 6. The molecule has 1 aromatic carbocycles. The van der Waals surface area contributed by atoms with Crippen molar-refractivity contribution in [2.75, 3.05) is 0 Å². The summed E-state index contributed by atoms with van der Waals surface area (Å²) < 4.78 is 50.1. The van der Waals surface area contributed by atoms with Crippen molar-refractivity contribution in [3.8, 4) is 0 Å². The number of halogens is 2. The van der Waals surface area contributed by atoms with Gasteiger partial charge in [-0.15, -0.1) is 0 Å². The van der Waals surface area contributed by atoms with Gasteiger partial charge in [0, 0.05) is 11.6 Å². The molecule has 1 unspecified atom stereocenters. The quantitative estimate of drug-likeness (QED) is 0.242. The summed E-state index contributed by atoms with van der Waals surface area (Å²) in [5.41, 5.74) is -1.98. The Morgan fingerprint density at radius 1 is 1.00 bits per heavy atom. The lowest BCUT2D eigenvalue weighted by molar-refractivity contribution is -0.00834. The van der Waals surface area contributed by atoms with E-state index in [1.54, 1.807) is 0 Å². The summed E-state index contributed by atoms with van der Waals surface area (Å²) in [7, 11) is -5.17. The van der Waals surface area contributed by atoms with Gasteiger partial charge in [0.05, 0.1) is 13.1 Å². The molecule has 0 saturated heterocycles. The minimum absolute atomic E-state index is 0.221. The highest BCUT2D eigenvalue weighted by molar-refractivity contribution is 7.46. The number of hydrogen-bond acceptors (Lipinski definition) is 6. The van der Waals surface area contributed by atoms with Gasteiger partial charge < -0.3 is 9.79 Å². The first-order valence-corrected chi connectivity index (χ1v) is 13.1. The molecule has 0 bridgehead atoms. The zero-order chi connectivity index (χ0) is 25.5. The maximum Gasteiger partial charge on any atom is 0.470 e. The molecule has 2 heterocycles. The number of phosphoric ester groups is 1. The van der Waals surface area contributed by atoms with Gasteiger partial charge in [-0.25, -0.2) is 32.7 Å². The van der Waals surface area contributed by atoms with Crippen LogP contribution in [0.3, 0.4) is 0 Å². The Labute approximate surface area is 202 Å². The summed E-state index contributed by atoms with van der Waals surface area (Å²) in [5, 5.41) is 7.97. The number of aromatic nitrogens is 6. The highest BCUT2D eigenvalue weighted by Crippen LogP contribution is 2.48. The molecule has 2 aromatic heterocycles. The first kappa shape index (κ1) is 27.1. The Morgan fingerprint density at radius 2 is 1.60 bits per heavy atom. The first-order valence-electron chi connectivity index (χ1n) is 11.5. The van der Waals surface area contributed by atoms with E-state index in [2.05, 4.69) is 27.1 Å². The Balaban J connectivity index is 2.05. The van der Waals surface area contributed by atoms with E-state index >= 15 is 4.39 Å². The van der Waals surface area contributed by atoms with Crippen molar-refractivity contribution in [1.29, 1.82) is 0 Å². The summed E-state index contributed by atoms with van der Waals surface area (Å²) in [6, 6.07) is 2.03. The number of rotatable bonds is 14. The van der Waals surface area contributed by atoms with Gasteiger partial charge in [-0.05, 0) is 24.0 Å². The molecule has 1 atom stereocenters. The molecule has 0 radical (unpaired) electrons. The van der Waals surface area contributed by atoms with E-state index in [1.807, 2.05) is 6.92 Å². The molecule has 0 aliphatic rings. The summed E-state index contributed by atoms with van der Waals surface area (Å²) in [4.78, 5) is 27.3. The zero-order valence-corrected chi connectivity index (χ0v) is 20.7. The maximum absolute atomic E-state index is 15.3. The SMILES string of the molecule is CCCCCCCC(C)c1cc(C(Cn2cncn2)(Cn2cncn2)OP(=O)(O)O)c(F)cc1F. The molecule has 0 saturated carbocycles. The molecule has 3 rings (SSSR count). The fourth-order valence-corrected chi connectivity index (χ4v) is 4.88. The third-order valence-electron chi connectivity index (χ3n) is 5.91. The average Bonchev–Trinajstić information content (AvgIpc) is 3.46. The van der Waals surface area contributed by atoms with Crippen molar-refractivity contribution >= 4 is 7.82 Å². The number of hydrogen-bond donors (Lipinski definition) is 2. The Hall–Kier alpha value is -2.53. The van der Waals surface area contributed by atoms with Crippen LogP contribution in [0.25, 0.3) is 0 Å². The van der Waals surface area contributed by atoms with Gasteiger partial charge in [-0.1, -0.05) is 46.0 Å². The van der Waals surface area contributed by atoms with E-state index in [9.17, 15) is 18.7 Å². The zero-order valence-electron chi connectivity index (χ0n) is 19.8. The molecule has 10 nitrogen and oxygen atoms in total. The second kappa shape index (κ2) is 11.9. The Bertz CT molecular complexity index is 1070. The van der Waals surface area contributed by atoms with E-state index in [-0.39, 0.29) is 30.1 Å². The second-order valence-electron chi connectivity index (χ2n) is 8.72. The molecular formula is C22H31F2N6O4P. The summed E-state index contributed by atoms with van der Waals surface area (Å²) in [6.07, 6.45) is 11.0. The average molecular weight is 512 g/mol. The molecule has 0 spiro atoms. The molecule has 0 fully saturated rings. The fraction of sp³-hybridized carbons (Fsp3) is 0.545. The third-order valence-corrected chi connectivity index (χ3v) is 6.50. The lowest BCUT2D eigenvalue weighted by Crippen LogP contribution is -2.40. The van der Waals surface area contributed by atoms with Crippen LogP contribution in [-0.4, -0.2) is 39.3 Å². The van der Waals surface area contributed by atoms with Crippen molar-refractivity contribution in [2.45, 2.75) is 77.0 Å². The van der Waals surface area contributed by atoms with Gasteiger partial charge >= 0.3 is 7.82 Å². The van der Waals surface area contributed by atoms with Crippen molar-refractivity contribution in [3.63, 3.8) is 0 Å². The molecule has 13 heteroatoms. The highest BCUT2D eigenvalue weighted by Gasteiger charge is 2.44. The third kappa shape index (κ3) is 7.47. The van der Waals surface area contributed by atoms with Gasteiger partial charge in [-0.3, -0.25) is 4.52 Å². The van der Waals surface area contributed by atoms with Crippen LogP contribution in [0.5, 0.6) is 0 Å². The predicted octanol–water partition coefficient (Wildman–Crippen LogP) is 4.32. The topological polar surface area (TPSA) is 128 Å². The minimum atomic E-state index is -5.17. The fourth-order valence-electron chi connectivity index (χ4n) is 4.21. The van der Waals surface area contributed by atoms with Crippen molar-refractivity contribution in [1.82, 2.24) is 29.5 Å². The molecule has 2 N–H and O–H groups in total. The predicted molar refractivity (Wildman–Crippen MR) is 123 cm³/mol. The van der Waals surface area contributed by atoms with E-state index in [1.165, 1.54) is 40.7 Å².